The van der Waals surface area contributed by atoms with Crippen molar-refractivity contribution in [1.29, 1.82) is 0 Å². The van der Waals surface area contributed by atoms with E-state index in [0.717, 1.165) is 29.3 Å². The fraction of sp³-hybridized carbons (Fsp3) is 0.562. The van der Waals surface area contributed by atoms with Crippen LogP contribution in [0, 0.1) is 5.92 Å². The van der Waals surface area contributed by atoms with E-state index in [1.807, 2.05) is 31.3 Å². The summed E-state index contributed by atoms with van der Waals surface area (Å²) in [7, 11) is 1.87. The van der Waals surface area contributed by atoms with Crippen LogP contribution in [-0.2, 0) is 11.3 Å². The third kappa shape index (κ3) is 6.06. The first kappa shape index (κ1) is 17.2. The highest BCUT2D eigenvalue weighted by Gasteiger charge is 2.12. The van der Waals surface area contributed by atoms with Gasteiger partial charge in [0.2, 0.25) is 5.91 Å². The molecule has 0 saturated carbocycles. The second-order valence-electron chi connectivity index (χ2n) is 5.27. The summed E-state index contributed by atoms with van der Waals surface area (Å²) in [5.41, 5.74) is 6.74. The normalized spacial score (nSPS) is 12.2. The minimum Gasteiger partial charge on any atom is -0.341 e. The van der Waals surface area contributed by atoms with Crippen LogP contribution >= 0.6 is 15.9 Å². The summed E-state index contributed by atoms with van der Waals surface area (Å²) in [5, 5.41) is 0. The number of halogens is 1. The predicted molar refractivity (Wildman–Crippen MR) is 87.3 cm³/mol. The number of amides is 1. The van der Waals surface area contributed by atoms with Gasteiger partial charge in [0, 0.05) is 24.5 Å². The highest BCUT2D eigenvalue weighted by molar-refractivity contribution is 9.10. The Balaban J connectivity index is 2.40. The summed E-state index contributed by atoms with van der Waals surface area (Å²) in [5.74, 6) is 0.786. The molecule has 0 radical (unpaired) electrons. The van der Waals surface area contributed by atoms with E-state index in [0.29, 0.717) is 25.4 Å². The van der Waals surface area contributed by atoms with Crippen LogP contribution in [0.2, 0.25) is 0 Å². The van der Waals surface area contributed by atoms with Gasteiger partial charge in [-0.3, -0.25) is 4.79 Å². The van der Waals surface area contributed by atoms with Gasteiger partial charge in [0.15, 0.2) is 0 Å². The Hall–Kier alpha value is -0.870. The number of rotatable bonds is 8. The van der Waals surface area contributed by atoms with Gasteiger partial charge in [0.05, 0.1) is 0 Å². The molecule has 0 aliphatic rings. The molecule has 0 aliphatic carbocycles. The second-order valence-corrected chi connectivity index (χ2v) is 6.18. The van der Waals surface area contributed by atoms with Gasteiger partial charge in [-0.25, -0.2) is 0 Å². The molecule has 112 valence electrons. The van der Waals surface area contributed by atoms with Crippen molar-refractivity contribution in [3.05, 3.63) is 34.3 Å². The molecule has 1 rings (SSSR count). The Labute approximate surface area is 130 Å². The van der Waals surface area contributed by atoms with E-state index < -0.39 is 0 Å². The fourth-order valence-electron chi connectivity index (χ4n) is 2.26. The first-order valence-corrected chi connectivity index (χ1v) is 8.04. The second kappa shape index (κ2) is 9.14. The zero-order chi connectivity index (χ0) is 15.0. The maximum Gasteiger partial charge on any atom is 0.222 e. The Bertz CT molecular complexity index is 405. The van der Waals surface area contributed by atoms with Crippen molar-refractivity contribution >= 4 is 21.8 Å². The number of carbonyl (C=O) groups is 1. The first-order chi connectivity index (χ1) is 9.56. The third-order valence-electron chi connectivity index (χ3n) is 3.68. The molecular formula is C16H25BrN2O. The van der Waals surface area contributed by atoms with Gasteiger partial charge in [-0.2, -0.15) is 0 Å². The molecule has 1 amide bonds. The predicted octanol–water partition coefficient (Wildman–Crippen LogP) is 3.56. The Kier molecular flexibility index (Phi) is 7.85. The molecule has 0 bridgehead atoms. The van der Waals surface area contributed by atoms with Crippen LogP contribution in [0.4, 0.5) is 0 Å². The molecule has 3 nitrogen and oxygen atoms in total. The monoisotopic (exact) mass is 340 g/mol. The molecule has 0 saturated heterocycles. The van der Waals surface area contributed by atoms with Crippen molar-refractivity contribution in [3.63, 3.8) is 0 Å². The number of benzene rings is 1. The minimum absolute atomic E-state index is 0.211. The lowest BCUT2D eigenvalue weighted by atomic mass is 9.96. The van der Waals surface area contributed by atoms with Gasteiger partial charge in [-0.15, -0.1) is 0 Å². The van der Waals surface area contributed by atoms with E-state index in [1.165, 1.54) is 0 Å². The number of carbonyl (C=O) groups excluding carboxylic acids is 1. The molecule has 1 unspecified atom stereocenters. The van der Waals surface area contributed by atoms with E-state index in [1.54, 1.807) is 4.90 Å². The average Bonchev–Trinajstić information content (AvgIpc) is 2.45. The molecule has 0 aliphatic heterocycles. The summed E-state index contributed by atoms with van der Waals surface area (Å²) in [6, 6.07) is 8.08. The van der Waals surface area contributed by atoms with Crippen LogP contribution in [0.15, 0.2) is 28.7 Å². The maximum atomic E-state index is 12.1. The first-order valence-electron chi connectivity index (χ1n) is 7.25. The van der Waals surface area contributed by atoms with E-state index >= 15 is 0 Å². The van der Waals surface area contributed by atoms with Crippen LogP contribution in [0.5, 0.6) is 0 Å². The number of hydrogen-bond donors (Lipinski definition) is 1. The standard InChI is InChI=1S/C16H25BrN2O/c1-3-13(10-11-18)6-9-16(20)19(2)12-14-4-7-15(17)8-5-14/h4-5,7-8,13H,3,6,9-12,18H2,1-2H3. The van der Waals surface area contributed by atoms with Crippen molar-refractivity contribution in [3.8, 4) is 0 Å². The molecule has 1 atom stereocenters. The Morgan fingerprint density at radius 1 is 1.30 bits per heavy atom. The summed E-state index contributed by atoms with van der Waals surface area (Å²) in [6.07, 6.45) is 3.67. The van der Waals surface area contributed by atoms with Crippen LogP contribution < -0.4 is 5.73 Å². The highest BCUT2D eigenvalue weighted by Crippen LogP contribution is 2.16. The Morgan fingerprint density at radius 3 is 2.50 bits per heavy atom. The molecule has 0 spiro atoms. The van der Waals surface area contributed by atoms with Crippen molar-refractivity contribution in [2.45, 2.75) is 39.2 Å². The summed E-state index contributed by atoms with van der Waals surface area (Å²) in [6.45, 7) is 3.54. The zero-order valence-electron chi connectivity index (χ0n) is 12.4. The van der Waals surface area contributed by atoms with Crippen LogP contribution in [0.1, 0.15) is 38.2 Å². The molecule has 20 heavy (non-hydrogen) atoms. The summed E-state index contributed by atoms with van der Waals surface area (Å²) in [4.78, 5) is 13.9. The maximum absolute atomic E-state index is 12.1. The molecule has 0 heterocycles. The topological polar surface area (TPSA) is 46.3 Å². The largest absolute Gasteiger partial charge is 0.341 e. The van der Waals surface area contributed by atoms with E-state index in [2.05, 4.69) is 22.9 Å². The lowest BCUT2D eigenvalue weighted by Gasteiger charge is -2.19. The third-order valence-corrected chi connectivity index (χ3v) is 4.21. The van der Waals surface area contributed by atoms with E-state index in [4.69, 9.17) is 5.73 Å². The molecule has 0 fully saturated rings. The lowest BCUT2D eigenvalue weighted by Crippen LogP contribution is -2.26. The zero-order valence-corrected chi connectivity index (χ0v) is 14.0. The Morgan fingerprint density at radius 2 is 1.95 bits per heavy atom. The highest BCUT2D eigenvalue weighted by atomic mass is 79.9. The van der Waals surface area contributed by atoms with Gasteiger partial charge in [-0.05, 0) is 43.0 Å². The molecular weight excluding hydrogens is 316 g/mol. The average molecular weight is 341 g/mol. The fourth-order valence-corrected chi connectivity index (χ4v) is 2.52. The van der Waals surface area contributed by atoms with E-state index in [9.17, 15) is 4.79 Å². The molecule has 1 aromatic rings. The molecule has 4 heteroatoms. The molecule has 0 aromatic heterocycles. The number of nitrogens with two attached hydrogens (primary N) is 1. The smallest absolute Gasteiger partial charge is 0.222 e. The quantitative estimate of drug-likeness (QED) is 0.786. The van der Waals surface area contributed by atoms with Gasteiger partial charge < -0.3 is 10.6 Å². The van der Waals surface area contributed by atoms with Crippen molar-refractivity contribution in [1.82, 2.24) is 4.90 Å². The van der Waals surface area contributed by atoms with Gasteiger partial charge in [-0.1, -0.05) is 41.4 Å². The van der Waals surface area contributed by atoms with Gasteiger partial charge in [0.25, 0.3) is 0 Å². The number of hydrogen-bond acceptors (Lipinski definition) is 2. The minimum atomic E-state index is 0.211. The van der Waals surface area contributed by atoms with Gasteiger partial charge >= 0.3 is 0 Å². The van der Waals surface area contributed by atoms with Crippen molar-refractivity contribution < 1.29 is 4.79 Å². The van der Waals surface area contributed by atoms with Gasteiger partial charge in [0.1, 0.15) is 0 Å². The SMILES string of the molecule is CCC(CCN)CCC(=O)N(C)Cc1ccc(Br)cc1. The van der Waals surface area contributed by atoms with Crippen molar-refractivity contribution in [2.24, 2.45) is 11.7 Å². The van der Waals surface area contributed by atoms with E-state index in [-0.39, 0.29) is 5.91 Å². The molecule has 1 aromatic carbocycles. The summed E-state index contributed by atoms with van der Waals surface area (Å²) < 4.78 is 1.06. The summed E-state index contributed by atoms with van der Waals surface area (Å²) >= 11 is 3.41. The van der Waals surface area contributed by atoms with Crippen LogP contribution in [0.25, 0.3) is 0 Å². The number of nitrogens with zero attached hydrogens (tertiary/aromatic N) is 1. The van der Waals surface area contributed by atoms with Crippen molar-refractivity contribution in [2.75, 3.05) is 13.6 Å². The molecule has 2 N–H and O–H groups in total. The lowest BCUT2D eigenvalue weighted by molar-refractivity contribution is -0.130. The van der Waals surface area contributed by atoms with Crippen LogP contribution in [-0.4, -0.2) is 24.4 Å². The van der Waals surface area contributed by atoms with Crippen LogP contribution in [0.3, 0.4) is 0 Å².